The van der Waals surface area contributed by atoms with Crippen LogP contribution in [-0.4, -0.2) is 23.5 Å². The van der Waals surface area contributed by atoms with E-state index in [1.54, 1.807) is 24.3 Å². The van der Waals surface area contributed by atoms with Gasteiger partial charge in [-0.25, -0.2) is 0 Å². The summed E-state index contributed by atoms with van der Waals surface area (Å²) in [7, 11) is 0. The molecule has 7 heteroatoms. The van der Waals surface area contributed by atoms with Crippen LogP contribution in [0.1, 0.15) is 22.8 Å². The number of carbonyl (C=O) groups is 2. The number of nitrogens with one attached hydrogen (secondary N) is 2. The van der Waals surface area contributed by atoms with Crippen molar-refractivity contribution in [1.82, 2.24) is 10.5 Å². The minimum absolute atomic E-state index is 0.202. The first-order chi connectivity index (χ1) is 13.0. The maximum Gasteiger partial charge on any atom is 0.251 e. The van der Waals surface area contributed by atoms with E-state index in [2.05, 4.69) is 22.7 Å². The topological polar surface area (TPSA) is 84.2 Å². The van der Waals surface area contributed by atoms with Crippen molar-refractivity contribution in [1.29, 1.82) is 0 Å². The number of nitrogens with zero attached hydrogens (tertiary/aromatic N) is 1. The number of aryl methyl sites for hydroxylation is 1. The summed E-state index contributed by atoms with van der Waals surface area (Å²) in [5, 5.41) is 9.50. The van der Waals surface area contributed by atoms with Gasteiger partial charge in [-0.1, -0.05) is 54.0 Å². The molecule has 0 bridgehead atoms. The summed E-state index contributed by atoms with van der Waals surface area (Å²) in [5.74, 6) is -0.595. The zero-order valence-corrected chi connectivity index (χ0v) is 15.4. The highest BCUT2D eigenvalue weighted by atomic mass is 35.5. The van der Waals surface area contributed by atoms with Gasteiger partial charge in [-0.3, -0.25) is 14.9 Å². The summed E-state index contributed by atoms with van der Waals surface area (Å²) in [4.78, 5) is 24.0. The Hall–Kier alpha value is -3.12. The summed E-state index contributed by atoms with van der Waals surface area (Å²) in [6, 6.07) is 16.1. The average molecular weight is 384 g/mol. The molecule has 138 valence electrons. The van der Waals surface area contributed by atoms with Crippen LogP contribution in [0.3, 0.4) is 0 Å². The van der Waals surface area contributed by atoms with Crippen LogP contribution in [0.4, 0.5) is 5.88 Å². The molecule has 0 fully saturated rings. The predicted octanol–water partition coefficient (Wildman–Crippen LogP) is 3.93. The van der Waals surface area contributed by atoms with Gasteiger partial charge in [0.15, 0.2) is 0 Å². The molecule has 0 radical (unpaired) electrons. The Balaban J connectivity index is 1.55. The number of benzene rings is 2. The second-order valence-electron chi connectivity index (χ2n) is 5.87. The van der Waals surface area contributed by atoms with E-state index in [1.165, 1.54) is 11.6 Å². The van der Waals surface area contributed by atoms with Crippen molar-refractivity contribution in [3.63, 3.8) is 0 Å². The molecular formula is C20H18ClN3O3. The third-order valence-corrected chi connectivity index (χ3v) is 4.16. The third kappa shape index (κ3) is 4.95. The molecule has 0 aliphatic rings. The minimum Gasteiger partial charge on any atom is -0.343 e. The molecule has 0 unspecified atom stereocenters. The van der Waals surface area contributed by atoms with E-state index in [-0.39, 0.29) is 18.3 Å². The molecule has 2 N–H and O–H groups in total. The van der Waals surface area contributed by atoms with Crippen LogP contribution in [0.5, 0.6) is 0 Å². The van der Waals surface area contributed by atoms with E-state index in [0.29, 0.717) is 16.3 Å². The summed E-state index contributed by atoms with van der Waals surface area (Å²) >= 11 is 5.85. The zero-order valence-electron chi connectivity index (χ0n) is 14.7. The Labute approximate surface area is 161 Å². The molecule has 2 aromatic carbocycles. The summed E-state index contributed by atoms with van der Waals surface area (Å²) in [6.07, 6.45) is 0.960. The van der Waals surface area contributed by atoms with Gasteiger partial charge < -0.3 is 9.84 Å². The molecule has 6 nitrogen and oxygen atoms in total. The molecule has 2 amide bonds. The van der Waals surface area contributed by atoms with Gasteiger partial charge in [0.05, 0.1) is 6.54 Å². The lowest BCUT2D eigenvalue weighted by Crippen LogP contribution is -2.32. The third-order valence-electron chi connectivity index (χ3n) is 3.93. The predicted molar refractivity (Wildman–Crippen MR) is 104 cm³/mol. The smallest absolute Gasteiger partial charge is 0.251 e. The minimum atomic E-state index is -0.422. The molecule has 1 aromatic heterocycles. The Morgan fingerprint density at radius 2 is 1.89 bits per heavy atom. The van der Waals surface area contributed by atoms with Crippen LogP contribution in [0, 0.1) is 0 Å². The second-order valence-corrected chi connectivity index (χ2v) is 6.30. The molecule has 0 spiro atoms. The quantitative estimate of drug-likeness (QED) is 0.675. The Morgan fingerprint density at radius 1 is 1.11 bits per heavy atom. The van der Waals surface area contributed by atoms with E-state index in [9.17, 15) is 9.59 Å². The average Bonchev–Trinajstić information content (AvgIpc) is 3.14. The molecule has 0 atom stereocenters. The monoisotopic (exact) mass is 383 g/mol. The first-order valence-corrected chi connectivity index (χ1v) is 8.82. The molecule has 1 heterocycles. The van der Waals surface area contributed by atoms with Gasteiger partial charge in [-0.2, -0.15) is 0 Å². The highest BCUT2D eigenvalue weighted by Gasteiger charge is 2.12. The van der Waals surface area contributed by atoms with Crippen LogP contribution >= 0.6 is 11.6 Å². The Bertz CT molecular complexity index is 951. The van der Waals surface area contributed by atoms with Gasteiger partial charge >= 0.3 is 0 Å². The molecule has 27 heavy (non-hydrogen) atoms. The number of hydrogen-bond donors (Lipinski definition) is 2. The first-order valence-electron chi connectivity index (χ1n) is 8.45. The molecule has 3 rings (SSSR count). The number of rotatable bonds is 6. The normalized spacial score (nSPS) is 10.4. The fraction of sp³-hybridized carbons (Fsp3) is 0.150. The van der Waals surface area contributed by atoms with Crippen molar-refractivity contribution >= 4 is 29.3 Å². The van der Waals surface area contributed by atoms with E-state index < -0.39 is 5.91 Å². The van der Waals surface area contributed by atoms with Gasteiger partial charge in [-0.15, -0.1) is 0 Å². The standard InChI is InChI=1S/C20H18ClN3O3/c1-2-13-6-8-14(9-7-13)17-11-19(27-24-17)23-18(25)12-22-20(26)15-4-3-5-16(21)10-15/h3-11H,2,12H2,1H3,(H,22,26)(H,23,25). The Morgan fingerprint density at radius 3 is 2.59 bits per heavy atom. The maximum absolute atomic E-state index is 12.0. The van der Waals surface area contributed by atoms with Crippen LogP contribution in [0.25, 0.3) is 11.3 Å². The van der Waals surface area contributed by atoms with E-state index >= 15 is 0 Å². The fourth-order valence-electron chi connectivity index (χ4n) is 2.46. The highest BCUT2D eigenvalue weighted by Crippen LogP contribution is 2.22. The van der Waals surface area contributed by atoms with E-state index in [1.807, 2.05) is 24.3 Å². The van der Waals surface area contributed by atoms with Crippen LogP contribution in [-0.2, 0) is 11.2 Å². The largest absolute Gasteiger partial charge is 0.343 e. The van der Waals surface area contributed by atoms with Gasteiger partial charge in [0.25, 0.3) is 5.91 Å². The molecule has 0 saturated heterocycles. The number of hydrogen-bond acceptors (Lipinski definition) is 4. The lowest BCUT2D eigenvalue weighted by molar-refractivity contribution is -0.115. The van der Waals surface area contributed by atoms with Crippen molar-refractivity contribution in [2.45, 2.75) is 13.3 Å². The number of amides is 2. The van der Waals surface area contributed by atoms with E-state index in [4.69, 9.17) is 16.1 Å². The van der Waals surface area contributed by atoms with Crippen molar-refractivity contribution in [2.24, 2.45) is 0 Å². The molecule has 3 aromatic rings. The second kappa shape index (κ2) is 8.51. The SMILES string of the molecule is CCc1ccc(-c2cc(NC(=O)CNC(=O)c3cccc(Cl)c3)on2)cc1. The number of carbonyl (C=O) groups excluding carboxylic acids is 2. The highest BCUT2D eigenvalue weighted by molar-refractivity contribution is 6.31. The summed E-state index contributed by atoms with van der Waals surface area (Å²) < 4.78 is 5.14. The van der Waals surface area contributed by atoms with Gasteiger partial charge in [0.2, 0.25) is 11.8 Å². The number of anilines is 1. The van der Waals surface area contributed by atoms with Gasteiger partial charge in [0, 0.05) is 22.2 Å². The number of halogens is 1. The number of aromatic nitrogens is 1. The lowest BCUT2D eigenvalue weighted by atomic mass is 10.1. The summed E-state index contributed by atoms with van der Waals surface area (Å²) in [5.41, 5.74) is 3.13. The van der Waals surface area contributed by atoms with Gasteiger partial charge in [0.1, 0.15) is 5.69 Å². The maximum atomic E-state index is 12.0. The van der Waals surface area contributed by atoms with E-state index in [0.717, 1.165) is 12.0 Å². The van der Waals surface area contributed by atoms with Crippen molar-refractivity contribution in [3.8, 4) is 11.3 Å². The van der Waals surface area contributed by atoms with Crippen LogP contribution in [0.2, 0.25) is 5.02 Å². The molecule has 0 saturated carbocycles. The fourth-order valence-corrected chi connectivity index (χ4v) is 2.65. The van der Waals surface area contributed by atoms with Crippen LogP contribution in [0.15, 0.2) is 59.1 Å². The van der Waals surface area contributed by atoms with Crippen molar-refractivity contribution in [3.05, 3.63) is 70.7 Å². The first kappa shape index (κ1) is 18.7. The van der Waals surface area contributed by atoms with Crippen molar-refractivity contribution in [2.75, 3.05) is 11.9 Å². The Kier molecular flexibility index (Phi) is 5.88. The lowest BCUT2D eigenvalue weighted by Gasteiger charge is -2.05. The summed E-state index contributed by atoms with van der Waals surface area (Å²) in [6.45, 7) is 1.89. The van der Waals surface area contributed by atoms with Gasteiger partial charge in [-0.05, 0) is 30.2 Å². The molecule has 0 aliphatic heterocycles. The van der Waals surface area contributed by atoms with Crippen LogP contribution < -0.4 is 10.6 Å². The zero-order chi connectivity index (χ0) is 19.2. The van der Waals surface area contributed by atoms with Crippen molar-refractivity contribution < 1.29 is 14.1 Å². The molecule has 0 aliphatic carbocycles. The molecular weight excluding hydrogens is 366 g/mol.